The molecule has 0 saturated carbocycles. The third-order valence-electron chi connectivity index (χ3n) is 17.5. The molecule has 0 bridgehead atoms. The number of nitrogens with zero attached hydrogens (tertiary/aromatic N) is 8. The predicted molar refractivity (Wildman–Crippen MR) is 385 cm³/mol. The van der Waals surface area contributed by atoms with Gasteiger partial charge in [-0.25, -0.2) is 9.97 Å². The van der Waals surface area contributed by atoms with Gasteiger partial charge in [0.25, 0.3) is 5.91 Å². The number of hydrogen-bond acceptors (Lipinski definition) is 18. The summed E-state index contributed by atoms with van der Waals surface area (Å²) in [7, 11) is 11.9. The molecule has 1 aromatic heterocycles. The van der Waals surface area contributed by atoms with Gasteiger partial charge < -0.3 is 40.5 Å². The summed E-state index contributed by atoms with van der Waals surface area (Å²) >= 11 is 3.37. The van der Waals surface area contributed by atoms with Crippen molar-refractivity contribution in [3.8, 4) is 0 Å². The van der Waals surface area contributed by atoms with E-state index in [9.17, 15) is 47.9 Å². The fourth-order valence-corrected chi connectivity index (χ4v) is 13.0. The maximum absolute atomic E-state index is 14.1. The number of ketones is 4. The van der Waals surface area contributed by atoms with Gasteiger partial charge in [-0.15, -0.1) is 0 Å². The molecule has 1 aliphatic rings. The van der Waals surface area contributed by atoms with Crippen molar-refractivity contribution in [2.45, 2.75) is 181 Å². The second-order valence-corrected chi connectivity index (χ2v) is 27.6. The first kappa shape index (κ1) is 86.3. The molecule has 97 heavy (non-hydrogen) atoms. The highest BCUT2D eigenvalue weighted by atomic mass is 32.2. The van der Waals surface area contributed by atoms with E-state index in [4.69, 9.17) is 20.0 Å². The zero-order valence-corrected chi connectivity index (χ0v) is 62.5. The van der Waals surface area contributed by atoms with Crippen LogP contribution in [0.25, 0.3) is 21.5 Å². The number of amides is 6. The van der Waals surface area contributed by atoms with Crippen LogP contribution in [0.2, 0.25) is 0 Å². The Hall–Kier alpha value is -6.83. The van der Waals surface area contributed by atoms with Crippen molar-refractivity contribution >= 4 is 93.1 Å². The highest BCUT2D eigenvalue weighted by Crippen LogP contribution is 2.31. The number of aromatic nitrogens is 2. The van der Waals surface area contributed by atoms with E-state index in [-0.39, 0.29) is 158 Å². The van der Waals surface area contributed by atoms with E-state index in [1.807, 2.05) is 102 Å². The number of likely N-dealkylation sites (tertiary alicyclic amines) is 1. The van der Waals surface area contributed by atoms with E-state index in [2.05, 4.69) is 50.1 Å². The smallest absolute Gasteiger partial charge is 0.251 e. The molecule has 9 atom stereocenters. The van der Waals surface area contributed by atoms with Gasteiger partial charge in [-0.3, -0.25) is 52.8 Å². The molecule has 2 aromatic carbocycles. The largest absolute Gasteiger partial charge is 0.379 e. The van der Waals surface area contributed by atoms with Crippen molar-refractivity contribution in [1.82, 2.24) is 45.9 Å². The summed E-state index contributed by atoms with van der Waals surface area (Å²) in [5, 5.41) is 13.9. The van der Waals surface area contributed by atoms with Gasteiger partial charge >= 0.3 is 0 Å². The monoisotopic (exact) mass is 1390 g/mol. The number of benzene rings is 2. The molecule has 0 aliphatic carbocycles. The summed E-state index contributed by atoms with van der Waals surface area (Å²) in [4.78, 5) is 141. The van der Waals surface area contributed by atoms with Gasteiger partial charge in [0.1, 0.15) is 5.78 Å². The van der Waals surface area contributed by atoms with E-state index in [0.717, 1.165) is 65.2 Å². The molecule has 540 valence electrons. The van der Waals surface area contributed by atoms with Crippen LogP contribution >= 0.6 is 23.5 Å². The molecule has 1 unspecified atom stereocenters. The van der Waals surface area contributed by atoms with Gasteiger partial charge in [-0.05, 0) is 104 Å². The first-order valence-electron chi connectivity index (χ1n) is 33.7. The van der Waals surface area contributed by atoms with Crippen LogP contribution in [0, 0.1) is 35.5 Å². The zero-order chi connectivity index (χ0) is 73.1. The van der Waals surface area contributed by atoms with Crippen LogP contribution in [-0.4, -0.2) is 202 Å². The molecule has 1 aliphatic heterocycles. The van der Waals surface area contributed by atoms with Gasteiger partial charge in [0.05, 0.1) is 78.2 Å². The average Bonchev–Trinajstić information content (AvgIpc) is 1.60. The van der Waals surface area contributed by atoms with E-state index in [1.165, 1.54) is 7.05 Å². The Bertz CT molecular complexity index is 3080. The minimum absolute atomic E-state index is 0.0237. The maximum Gasteiger partial charge on any atom is 0.251 e. The van der Waals surface area contributed by atoms with Crippen molar-refractivity contribution in [3.63, 3.8) is 0 Å². The highest BCUT2D eigenvalue weighted by molar-refractivity contribution is 7.98. The third-order valence-corrected chi connectivity index (χ3v) is 18.7. The second kappa shape index (κ2) is 45.7. The maximum atomic E-state index is 14.1. The zero-order valence-electron chi connectivity index (χ0n) is 60.9. The Morgan fingerprint density at radius 2 is 1.33 bits per heavy atom. The van der Waals surface area contributed by atoms with Crippen molar-refractivity contribution in [2.24, 2.45) is 40.6 Å². The Morgan fingerprint density at radius 1 is 0.732 bits per heavy atom. The van der Waals surface area contributed by atoms with Crippen LogP contribution in [0.5, 0.6) is 0 Å². The fourth-order valence-electron chi connectivity index (χ4n) is 12.0. The molecule has 1 saturated heterocycles. The molecular formula is C71H112N12O12S2. The molecule has 4 rings (SSSR count). The highest BCUT2D eigenvalue weighted by Gasteiger charge is 2.43. The van der Waals surface area contributed by atoms with Crippen LogP contribution in [0.15, 0.2) is 47.6 Å². The number of azide groups is 1. The summed E-state index contributed by atoms with van der Waals surface area (Å²) in [5.74, 6) is -0.215. The lowest BCUT2D eigenvalue weighted by molar-refractivity contribution is -0.149. The summed E-state index contributed by atoms with van der Waals surface area (Å²) < 4.78 is 11.7. The SMILES string of the molecule is CCC(=O)CCC(=O)NCC(=O)Cc1ccc(CC(C)CN=[N+]=[N-])cc1.CC[C@H](C)[C@@H]([C@@H](CC(=O)N1CCC[C@H]1[C@H](OC)[C@@H](C)C(=O)NC)OC)N(C)C(=O)[C@@H](CC(=O)[C@H](C(C)C)N(C)C)C(C)C.CNC(=O)CCC(=O)CNC(=O)c1ccc2nc(CSC)c(CSC)nc2c1. The minimum atomic E-state index is -0.538. The number of thioether (sulfide) groups is 2. The van der Waals surface area contributed by atoms with Crippen LogP contribution in [0.1, 0.15) is 159 Å². The van der Waals surface area contributed by atoms with Crippen molar-refractivity contribution in [2.75, 3.05) is 88.1 Å². The van der Waals surface area contributed by atoms with Gasteiger partial charge in [-0.1, -0.05) is 98.1 Å². The lowest BCUT2D eigenvalue weighted by atomic mass is 9.83. The summed E-state index contributed by atoms with van der Waals surface area (Å²) in [6.45, 7) is 18.7. The number of hydrogen-bond donors (Lipinski definition) is 4. The van der Waals surface area contributed by atoms with Gasteiger partial charge in [0.15, 0.2) is 17.3 Å². The number of methoxy groups -OCH3 is 2. The number of ether oxygens (including phenoxy) is 2. The van der Waals surface area contributed by atoms with E-state index in [1.54, 1.807) is 81.9 Å². The molecule has 1 fully saturated rings. The van der Waals surface area contributed by atoms with Crippen molar-refractivity contribution in [3.05, 3.63) is 81.0 Å². The normalized spacial score (nSPS) is 15.2. The summed E-state index contributed by atoms with van der Waals surface area (Å²) in [5.41, 5.74) is 14.1. The third kappa shape index (κ3) is 29.3. The van der Waals surface area contributed by atoms with E-state index >= 15 is 0 Å². The van der Waals surface area contributed by atoms with Crippen LogP contribution in [-0.2, 0) is 77.0 Å². The van der Waals surface area contributed by atoms with Gasteiger partial charge in [-0.2, -0.15) is 23.5 Å². The van der Waals surface area contributed by atoms with Gasteiger partial charge in [0, 0.05) is 121 Å². The Labute approximate surface area is 584 Å². The van der Waals surface area contributed by atoms with Crippen LogP contribution in [0.4, 0.5) is 0 Å². The number of carbonyl (C=O) groups is 10. The first-order chi connectivity index (χ1) is 46.0. The molecule has 3 aromatic rings. The topological polar surface area (TPSA) is 322 Å². The molecule has 6 amide bonds. The molecule has 2 heterocycles. The summed E-state index contributed by atoms with van der Waals surface area (Å²) in [6.07, 6.45) is 7.76. The Morgan fingerprint density at radius 3 is 1.87 bits per heavy atom. The van der Waals surface area contributed by atoms with Gasteiger partial charge in [0.2, 0.25) is 29.5 Å². The number of likely N-dealkylation sites (N-methyl/N-ethyl adjacent to an activating group) is 2. The molecule has 24 nitrogen and oxygen atoms in total. The second-order valence-electron chi connectivity index (χ2n) is 25.9. The predicted octanol–water partition coefficient (Wildman–Crippen LogP) is 8.81. The van der Waals surface area contributed by atoms with Crippen molar-refractivity contribution in [1.29, 1.82) is 0 Å². The van der Waals surface area contributed by atoms with Crippen LogP contribution in [0.3, 0.4) is 0 Å². The minimum Gasteiger partial charge on any atom is -0.379 e. The van der Waals surface area contributed by atoms with Crippen LogP contribution < -0.4 is 21.3 Å². The number of rotatable bonds is 40. The molecule has 4 N–H and O–H groups in total. The standard InChI is InChI=1S/C33H62N4O6.C19H24N4O3S2.C19H26N4O3/c1-14-22(6)30(36(11)33(41)24(20(2)3)18-26(38)29(21(4)5)35(9)10)27(42-12)19-28(39)37-17-15-16-25(37)31(43-13)23(7)32(40)34-8;1-20-18(25)7-5-13(24)9-21-19(26)12-4-6-14-15(8-12)23-17(11-28-3)16(22-14)10-27-2;1-3-17(24)8-9-19(26)21-13-18(25)11-16-6-4-15(5-7-16)10-14(2)12-22-23-20/h20-25,27,29-31H,14-19H2,1-13H3,(H,34,40);4,6,8H,5,7,9-11H2,1-3H3,(H,20,25)(H,21,26);4-7,14H,3,8-13H2,1-2H3,(H,21,26)/t22-,23+,24-,25-,27+,29-,30-,31+;;/m0../s1. The number of fused-ring (bicyclic) bond motifs is 1. The Balaban J connectivity index is 0.000000517. The Kier molecular flexibility index (Phi) is 40.6. The molecular weight excluding hydrogens is 1280 g/mol. The summed E-state index contributed by atoms with van der Waals surface area (Å²) in [6, 6.07) is 12.0. The average molecular weight is 1390 g/mol. The van der Waals surface area contributed by atoms with Crippen molar-refractivity contribution < 1.29 is 57.4 Å². The number of nitrogens with one attached hydrogen (secondary N) is 4. The first-order valence-corrected chi connectivity index (χ1v) is 36.5. The molecule has 26 heteroatoms. The number of carbonyl (C=O) groups excluding carboxylic acids is 10. The number of Topliss-reactive ketones (excluding diaryl/α,β-unsaturated/α-hetero) is 4. The van der Waals surface area contributed by atoms with E-state index in [0.29, 0.717) is 30.6 Å². The molecule has 0 spiro atoms. The molecule has 0 radical (unpaired) electrons. The fraction of sp³-hybridized carbons (Fsp3) is 0.662. The lowest BCUT2D eigenvalue weighted by Crippen LogP contribution is -2.54. The lowest BCUT2D eigenvalue weighted by Gasteiger charge is -2.41. The van der Waals surface area contributed by atoms with E-state index < -0.39 is 24.0 Å². The quantitative estimate of drug-likeness (QED) is 0.0235.